The van der Waals surface area contributed by atoms with Gasteiger partial charge in [0.2, 0.25) is 11.8 Å². The van der Waals surface area contributed by atoms with Gasteiger partial charge in [-0.15, -0.1) is 0 Å². The van der Waals surface area contributed by atoms with E-state index in [1.165, 1.54) is 24.3 Å². The van der Waals surface area contributed by atoms with Crippen LogP contribution < -0.4 is 45.0 Å². The third kappa shape index (κ3) is 11.9. The molecule has 2 fully saturated rings. The Bertz CT molecular complexity index is 600. The lowest BCUT2D eigenvalue weighted by atomic mass is 9.83. The van der Waals surface area contributed by atoms with E-state index in [1.807, 2.05) is 43.2 Å². The molecule has 0 radical (unpaired) electrons. The number of carbonyl (C=O) groups excluding carboxylic acids is 2. The molecule has 0 aromatic rings. The monoisotopic (exact) mass is 582 g/mol. The van der Waals surface area contributed by atoms with Crippen LogP contribution in [0.4, 0.5) is 0 Å². The zero-order chi connectivity index (χ0) is 26.5. The number of amides is 2. The highest BCUT2D eigenvalue weighted by Gasteiger charge is 2.39. The average Bonchev–Trinajstić information content (AvgIpc) is 3.51. The van der Waals surface area contributed by atoms with Crippen molar-refractivity contribution in [3.05, 3.63) is 0 Å². The van der Waals surface area contributed by atoms with Gasteiger partial charge in [0.05, 0.1) is 24.7 Å². The zero-order valence-electron chi connectivity index (χ0n) is 21.0. The van der Waals surface area contributed by atoms with Gasteiger partial charge in [-0.1, -0.05) is 56.0 Å². The molecule has 4 unspecified atom stereocenters. The second-order valence-corrected chi connectivity index (χ2v) is 15.2. The first-order chi connectivity index (χ1) is 17.2. The van der Waals surface area contributed by atoms with Crippen LogP contribution in [0.5, 0.6) is 0 Å². The van der Waals surface area contributed by atoms with Crippen LogP contribution in [-0.2, 0) is 9.59 Å². The molecule has 2 aliphatic heterocycles. The van der Waals surface area contributed by atoms with Crippen LogP contribution in [0, 0.1) is 11.8 Å². The number of unbranched alkanes of at least 4 members (excludes halogenated alkanes) is 2. The predicted octanol–water partition coefficient (Wildman–Crippen LogP) is 0.936. The first-order valence-electron chi connectivity index (χ1n) is 12.9. The fourth-order valence-electron chi connectivity index (χ4n) is 4.62. The molecular weight excluding hydrogens is 537 g/mol. The lowest BCUT2D eigenvalue weighted by molar-refractivity contribution is -0.123. The molecule has 4 atom stereocenters. The van der Waals surface area contributed by atoms with E-state index < -0.39 is 36.5 Å². The van der Waals surface area contributed by atoms with Crippen molar-refractivity contribution in [2.75, 3.05) is 11.5 Å². The zero-order valence-corrected chi connectivity index (χ0v) is 24.3. The molecule has 2 aliphatic rings. The number of carbonyl (C=O) groups is 2. The number of hydrogen-bond donors (Lipinski definition) is 8. The molecule has 0 aliphatic carbocycles. The lowest BCUT2D eigenvalue weighted by Gasteiger charge is -2.39. The van der Waals surface area contributed by atoms with Crippen molar-refractivity contribution in [1.29, 1.82) is 0 Å². The van der Waals surface area contributed by atoms with Crippen LogP contribution >= 0.6 is 43.2 Å². The minimum atomic E-state index is -0.926. The molecule has 14 N–H and O–H groups in total. The molecule has 0 bridgehead atoms. The van der Waals surface area contributed by atoms with Gasteiger partial charge in [-0.05, 0) is 38.5 Å². The second kappa shape index (κ2) is 17.6. The van der Waals surface area contributed by atoms with Crippen molar-refractivity contribution in [3.8, 4) is 0 Å². The van der Waals surface area contributed by atoms with Gasteiger partial charge in [-0.25, -0.2) is 0 Å². The Hall–Kier alpha value is 0.1000. The van der Waals surface area contributed by atoms with Crippen molar-refractivity contribution in [2.24, 2.45) is 46.2 Å². The van der Waals surface area contributed by atoms with Crippen LogP contribution in [0.1, 0.15) is 64.2 Å². The minimum Gasteiger partial charge on any atom is -0.341 e. The molecule has 0 saturated carbocycles. The van der Waals surface area contributed by atoms with Crippen molar-refractivity contribution in [2.45, 2.75) is 99.4 Å². The summed E-state index contributed by atoms with van der Waals surface area (Å²) in [5.41, 5.74) is 36.6. The van der Waals surface area contributed by atoms with Gasteiger partial charge in [0.25, 0.3) is 0 Å². The van der Waals surface area contributed by atoms with Crippen molar-refractivity contribution >= 4 is 55.0 Å². The summed E-state index contributed by atoms with van der Waals surface area (Å²) in [7, 11) is 7.72. The van der Waals surface area contributed by atoms with Crippen molar-refractivity contribution in [3.63, 3.8) is 0 Å². The minimum absolute atomic E-state index is 0.183. The Labute approximate surface area is 231 Å². The largest absolute Gasteiger partial charge is 0.341 e. The van der Waals surface area contributed by atoms with E-state index in [4.69, 9.17) is 34.4 Å². The standard InChI is InChI=1S/C22H46N8O2S4/c23-19(24)17(20(25)26)18(21(27)29-15(31)7-3-1-5-13-9-11-33-35-13)22(28)30-16(32)8-4-2-6-14-10-12-34-36-14/h13-14,17-22H,1-12,23-28H2,(H,29,31)(H,30,32). The molecule has 10 nitrogen and oxygen atoms in total. The van der Waals surface area contributed by atoms with Crippen LogP contribution in [0.25, 0.3) is 0 Å². The molecule has 2 amide bonds. The lowest BCUT2D eigenvalue weighted by Crippen LogP contribution is -2.67. The van der Waals surface area contributed by atoms with Gasteiger partial charge in [0, 0.05) is 46.7 Å². The summed E-state index contributed by atoms with van der Waals surface area (Å²) in [5.74, 6) is 0.584. The fraction of sp³-hybridized carbons (Fsp3) is 0.909. The molecule has 36 heavy (non-hydrogen) atoms. The molecule has 0 spiro atoms. The molecule has 0 aromatic carbocycles. The quantitative estimate of drug-likeness (QED) is 0.0683. The summed E-state index contributed by atoms with van der Waals surface area (Å²) >= 11 is 0. The average molecular weight is 583 g/mol. The van der Waals surface area contributed by atoms with Crippen LogP contribution in [0.2, 0.25) is 0 Å². The molecule has 2 heterocycles. The number of nitrogens with two attached hydrogens (primary N) is 6. The van der Waals surface area contributed by atoms with E-state index in [-0.39, 0.29) is 11.8 Å². The molecular formula is C22H46N8O2S4. The van der Waals surface area contributed by atoms with Gasteiger partial charge in [0.15, 0.2) is 0 Å². The smallest absolute Gasteiger partial charge is 0.221 e. The summed E-state index contributed by atoms with van der Waals surface area (Å²) < 4.78 is 0. The van der Waals surface area contributed by atoms with Crippen molar-refractivity contribution in [1.82, 2.24) is 10.6 Å². The van der Waals surface area contributed by atoms with E-state index in [9.17, 15) is 9.59 Å². The van der Waals surface area contributed by atoms with E-state index in [0.29, 0.717) is 23.3 Å². The molecule has 2 saturated heterocycles. The summed E-state index contributed by atoms with van der Waals surface area (Å²) in [6.07, 6.45) is 5.26. The summed E-state index contributed by atoms with van der Waals surface area (Å²) in [6, 6.07) is 0. The summed E-state index contributed by atoms with van der Waals surface area (Å²) in [5, 5.41) is 6.99. The Morgan fingerprint density at radius 1 is 0.667 bits per heavy atom. The van der Waals surface area contributed by atoms with Crippen LogP contribution in [-0.4, -0.2) is 58.5 Å². The highest BCUT2D eigenvalue weighted by Crippen LogP contribution is 2.40. The van der Waals surface area contributed by atoms with E-state index in [0.717, 1.165) is 38.5 Å². The number of hydrogen-bond acceptors (Lipinski definition) is 12. The predicted molar refractivity (Wildman–Crippen MR) is 157 cm³/mol. The van der Waals surface area contributed by atoms with Crippen LogP contribution in [0.15, 0.2) is 0 Å². The Kier molecular flexibility index (Phi) is 15.8. The highest BCUT2D eigenvalue weighted by molar-refractivity contribution is 8.77. The molecule has 0 aromatic heterocycles. The van der Waals surface area contributed by atoms with Gasteiger partial charge >= 0.3 is 0 Å². The highest BCUT2D eigenvalue weighted by atomic mass is 33.1. The van der Waals surface area contributed by atoms with Gasteiger partial charge in [-0.2, -0.15) is 0 Å². The third-order valence-electron chi connectivity index (χ3n) is 6.63. The Morgan fingerprint density at radius 3 is 1.42 bits per heavy atom. The summed E-state index contributed by atoms with van der Waals surface area (Å²) in [4.78, 5) is 25.2. The normalized spacial score (nSPS) is 22.8. The summed E-state index contributed by atoms with van der Waals surface area (Å²) in [6.45, 7) is 0. The number of rotatable bonds is 17. The van der Waals surface area contributed by atoms with E-state index in [1.54, 1.807) is 0 Å². The fourth-order valence-corrected chi connectivity index (χ4v) is 10.7. The van der Waals surface area contributed by atoms with Gasteiger partial charge in [0.1, 0.15) is 0 Å². The van der Waals surface area contributed by atoms with E-state index >= 15 is 0 Å². The first kappa shape index (κ1) is 32.3. The van der Waals surface area contributed by atoms with Gasteiger partial charge < -0.3 is 45.0 Å². The van der Waals surface area contributed by atoms with Crippen molar-refractivity contribution < 1.29 is 9.59 Å². The second-order valence-electron chi connectivity index (χ2n) is 9.65. The topological polar surface area (TPSA) is 214 Å². The van der Waals surface area contributed by atoms with E-state index in [2.05, 4.69) is 10.6 Å². The third-order valence-corrected chi connectivity index (χ3v) is 12.6. The first-order valence-corrected chi connectivity index (χ1v) is 17.6. The Morgan fingerprint density at radius 2 is 1.08 bits per heavy atom. The molecule has 210 valence electrons. The Balaban J connectivity index is 1.83. The molecule has 14 heteroatoms. The van der Waals surface area contributed by atoms with Gasteiger partial charge in [-0.3, -0.25) is 9.59 Å². The SMILES string of the molecule is NC(N)C(C(N)N)C(C(N)NC(=O)CCCCC1CCSS1)C(N)NC(=O)CCCCC1CCSS1. The van der Waals surface area contributed by atoms with Crippen LogP contribution in [0.3, 0.4) is 0 Å². The maximum atomic E-state index is 12.6. The maximum absolute atomic E-state index is 12.6. The number of nitrogens with one attached hydrogen (secondary N) is 2. The maximum Gasteiger partial charge on any atom is 0.221 e. The molecule has 2 rings (SSSR count).